The van der Waals surface area contributed by atoms with Crippen molar-refractivity contribution in [2.45, 2.75) is 13.5 Å². The molecule has 84 valence electrons. The van der Waals surface area contributed by atoms with E-state index in [1.54, 1.807) is 25.1 Å². The molecule has 3 N–H and O–H groups in total. The van der Waals surface area contributed by atoms with Crippen molar-refractivity contribution in [1.82, 2.24) is 10.1 Å². The first-order valence-corrected chi connectivity index (χ1v) is 5.11. The Morgan fingerprint density at radius 3 is 3.00 bits per heavy atom. The summed E-state index contributed by atoms with van der Waals surface area (Å²) < 4.78 is 4.85. The van der Waals surface area contributed by atoms with Crippen LogP contribution in [-0.4, -0.2) is 10.1 Å². The number of nitrogens with two attached hydrogens (primary N) is 1. The molecule has 2 aromatic rings. The fourth-order valence-electron chi connectivity index (χ4n) is 1.27. The maximum absolute atomic E-state index is 5.86. The van der Waals surface area contributed by atoms with Gasteiger partial charge in [-0.3, -0.25) is 0 Å². The third-order valence-electron chi connectivity index (χ3n) is 2.02. The Morgan fingerprint density at radius 1 is 1.50 bits per heavy atom. The Balaban J connectivity index is 2.07. The Labute approximate surface area is 97.6 Å². The van der Waals surface area contributed by atoms with Gasteiger partial charge in [-0.25, -0.2) is 0 Å². The number of halogens is 1. The van der Waals surface area contributed by atoms with Crippen LogP contribution in [0.15, 0.2) is 22.7 Å². The summed E-state index contributed by atoms with van der Waals surface area (Å²) in [6.45, 7) is 2.19. The van der Waals surface area contributed by atoms with E-state index in [4.69, 9.17) is 21.9 Å². The molecule has 6 heteroatoms. The molecule has 1 heterocycles. The van der Waals surface area contributed by atoms with Crippen LogP contribution in [0.25, 0.3) is 0 Å². The first-order valence-electron chi connectivity index (χ1n) is 4.73. The van der Waals surface area contributed by atoms with Gasteiger partial charge in [0.1, 0.15) is 0 Å². The number of rotatable bonds is 3. The van der Waals surface area contributed by atoms with Crippen LogP contribution < -0.4 is 11.1 Å². The lowest BCUT2D eigenvalue weighted by Crippen LogP contribution is -2.03. The summed E-state index contributed by atoms with van der Waals surface area (Å²) in [6.07, 6.45) is 0. The van der Waals surface area contributed by atoms with Crippen molar-refractivity contribution in [3.05, 3.63) is 34.9 Å². The highest BCUT2D eigenvalue weighted by Gasteiger charge is 2.04. The number of nitrogens with one attached hydrogen (secondary N) is 1. The van der Waals surface area contributed by atoms with Gasteiger partial charge in [0.05, 0.1) is 17.9 Å². The van der Waals surface area contributed by atoms with Crippen molar-refractivity contribution < 1.29 is 4.52 Å². The van der Waals surface area contributed by atoms with Crippen molar-refractivity contribution in [3.63, 3.8) is 0 Å². The van der Waals surface area contributed by atoms with Gasteiger partial charge in [-0.1, -0.05) is 16.8 Å². The molecule has 0 aliphatic rings. The molecule has 0 atom stereocenters. The van der Waals surface area contributed by atoms with Gasteiger partial charge in [-0.15, -0.1) is 0 Å². The van der Waals surface area contributed by atoms with E-state index in [-0.39, 0.29) is 0 Å². The first kappa shape index (κ1) is 10.8. The average molecular weight is 239 g/mol. The number of anilines is 2. The molecule has 0 spiro atoms. The maximum Gasteiger partial charge on any atom is 0.223 e. The highest BCUT2D eigenvalue weighted by atomic mass is 35.5. The molecule has 5 nitrogen and oxygen atoms in total. The van der Waals surface area contributed by atoms with Crippen LogP contribution in [0, 0.1) is 6.92 Å². The second-order valence-corrected chi connectivity index (χ2v) is 3.75. The van der Waals surface area contributed by atoms with Crippen molar-refractivity contribution >= 4 is 23.0 Å². The highest BCUT2D eigenvalue weighted by molar-refractivity contribution is 6.31. The fraction of sp³-hybridized carbons (Fsp3) is 0.200. The predicted octanol–water partition coefficient (Wildman–Crippen LogP) is 2.23. The van der Waals surface area contributed by atoms with Gasteiger partial charge >= 0.3 is 0 Å². The summed E-state index contributed by atoms with van der Waals surface area (Å²) in [5.74, 6) is 1.12. The molecular weight excluding hydrogens is 228 g/mol. The number of aromatic nitrogens is 2. The molecule has 0 radical (unpaired) electrons. The summed E-state index contributed by atoms with van der Waals surface area (Å²) in [7, 11) is 0. The third-order valence-corrected chi connectivity index (χ3v) is 2.26. The second-order valence-electron chi connectivity index (χ2n) is 3.31. The Kier molecular flexibility index (Phi) is 2.96. The van der Waals surface area contributed by atoms with Gasteiger partial charge in [-0.05, 0) is 18.2 Å². The van der Waals surface area contributed by atoms with Crippen LogP contribution in [-0.2, 0) is 6.54 Å². The molecule has 16 heavy (non-hydrogen) atoms. The van der Waals surface area contributed by atoms with Crippen LogP contribution >= 0.6 is 11.6 Å². The number of nitrogen functional groups attached to an aromatic ring is 1. The summed E-state index contributed by atoms with van der Waals surface area (Å²) in [4.78, 5) is 4.06. The van der Waals surface area contributed by atoms with Gasteiger partial charge < -0.3 is 15.6 Å². The van der Waals surface area contributed by atoms with Crippen molar-refractivity contribution in [1.29, 1.82) is 0 Å². The quantitative estimate of drug-likeness (QED) is 0.802. The highest BCUT2D eigenvalue weighted by Crippen LogP contribution is 2.23. The molecule has 0 saturated heterocycles. The molecule has 0 amide bonds. The van der Waals surface area contributed by atoms with Crippen LogP contribution in [0.1, 0.15) is 11.7 Å². The first-order chi connectivity index (χ1) is 7.65. The number of aryl methyl sites for hydroxylation is 1. The molecule has 1 aromatic carbocycles. The van der Waals surface area contributed by atoms with Crippen LogP contribution in [0.5, 0.6) is 0 Å². The molecule has 0 unspecified atom stereocenters. The van der Waals surface area contributed by atoms with Crippen LogP contribution in [0.2, 0.25) is 5.02 Å². The maximum atomic E-state index is 5.86. The minimum absolute atomic E-state index is 0.446. The number of benzene rings is 1. The van der Waals surface area contributed by atoms with Gasteiger partial charge in [-0.2, -0.15) is 4.98 Å². The SMILES string of the molecule is Cc1nc(CNc2cc(Cl)ccc2N)no1. The van der Waals surface area contributed by atoms with E-state index in [2.05, 4.69) is 15.5 Å². The van der Waals surface area contributed by atoms with Crippen molar-refractivity contribution in [3.8, 4) is 0 Å². The number of hydrogen-bond acceptors (Lipinski definition) is 5. The van der Waals surface area contributed by atoms with Crippen LogP contribution in [0.4, 0.5) is 11.4 Å². The minimum atomic E-state index is 0.446. The predicted molar refractivity (Wildman–Crippen MR) is 62.2 cm³/mol. The molecule has 0 bridgehead atoms. The molecule has 0 aliphatic heterocycles. The fourth-order valence-corrected chi connectivity index (χ4v) is 1.44. The van der Waals surface area contributed by atoms with Gasteiger partial charge in [0.25, 0.3) is 0 Å². The monoisotopic (exact) mass is 238 g/mol. The Hall–Kier alpha value is -1.75. The Bertz CT molecular complexity index is 497. The molecule has 2 rings (SSSR count). The standard InChI is InChI=1S/C10H11ClN4O/c1-6-14-10(15-16-6)5-13-9-4-7(11)2-3-8(9)12/h2-4,13H,5,12H2,1H3. The van der Waals surface area contributed by atoms with Gasteiger partial charge in [0.2, 0.25) is 5.89 Å². The summed E-state index contributed by atoms with van der Waals surface area (Å²) in [5, 5.41) is 7.48. The normalized spacial score (nSPS) is 10.4. The number of nitrogens with zero attached hydrogens (tertiary/aromatic N) is 2. The zero-order valence-corrected chi connectivity index (χ0v) is 9.45. The second kappa shape index (κ2) is 4.40. The topological polar surface area (TPSA) is 77.0 Å². The third kappa shape index (κ3) is 2.43. The lowest BCUT2D eigenvalue weighted by atomic mass is 10.2. The molecule has 0 fully saturated rings. The molecular formula is C10H11ClN4O. The minimum Gasteiger partial charge on any atom is -0.397 e. The van der Waals surface area contributed by atoms with E-state index in [9.17, 15) is 0 Å². The van der Waals surface area contributed by atoms with E-state index in [1.807, 2.05) is 0 Å². The van der Waals surface area contributed by atoms with Crippen LogP contribution in [0.3, 0.4) is 0 Å². The zero-order chi connectivity index (χ0) is 11.5. The summed E-state index contributed by atoms with van der Waals surface area (Å²) in [5.41, 5.74) is 7.16. The average Bonchev–Trinajstić information content (AvgIpc) is 2.66. The van der Waals surface area contributed by atoms with Crippen molar-refractivity contribution in [2.24, 2.45) is 0 Å². The summed E-state index contributed by atoms with van der Waals surface area (Å²) >= 11 is 5.86. The zero-order valence-electron chi connectivity index (χ0n) is 8.70. The Morgan fingerprint density at radius 2 is 2.31 bits per heavy atom. The summed E-state index contributed by atoms with van der Waals surface area (Å²) in [6, 6.07) is 5.23. The van der Waals surface area contributed by atoms with E-state index in [1.165, 1.54) is 0 Å². The largest absolute Gasteiger partial charge is 0.397 e. The van der Waals surface area contributed by atoms with E-state index in [0.29, 0.717) is 29.0 Å². The van der Waals surface area contributed by atoms with E-state index in [0.717, 1.165) is 5.69 Å². The van der Waals surface area contributed by atoms with Gasteiger partial charge in [0.15, 0.2) is 5.82 Å². The lowest BCUT2D eigenvalue weighted by molar-refractivity contribution is 0.388. The van der Waals surface area contributed by atoms with E-state index < -0.39 is 0 Å². The van der Waals surface area contributed by atoms with Gasteiger partial charge in [0, 0.05) is 11.9 Å². The van der Waals surface area contributed by atoms with E-state index >= 15 is 0 Å². The lowest BCUT2D eigenvalue weighted by Gasteiger charge is -2.07. The molecule has 1 aromatic heterocycles. The molecule has 0 aliphatic carbocycles. The molecule has 0 saturated carbocycles. The van der Waals surface area contributed by atoms with Crippen molar-refractivity contribution in [2.75, 3.05) is 11.1 Å². The number of hydrogen-bond donors (Lipinski definition) is 2. The smallest absolute Gasteiger partial charge is 0.223 e.